The van der Waals surface area contributed by atoms with Gasteiger partial charge in [0, 0.05) is 23.2 Å². The molecule has 0 heterocycles. The van der Waals surface area contributed by atoms with Gasteiger partial charge in [0.15, 0.2) is 11.5 Å². The maximum atomic E-state index is 12.7. The highest BCUT2D eigenvalue weighted by Gasteiger charge is 2.25. The number of phenols is 1. The number of nitrogens with two attached hydrogens (primary N) is 1. The highest BCUT2D eigenvalue weighted by molar-refractivity contribution is 6.30. The van der Waals surface area contributed by atoms with Gasteiger partial charge in [0.1, 0.15) is 0 Å². The molecule has 1 atom stereocenters. The number of phenolic OH excluding ortho intramolecular Hbond substituents is 1. The minimum atomic E-state index is -2.67. The summed E-state index contributed by atoms with van der Waals surface area (Å²) in [5, 5.41) is 9.90. The van der Waals surface area contributed by atoms with Crippen LogP contribution in [0, 0.1) is 0 Å². The van der Waals surface area contributed by atoms with Crippen molar-refractivity contribution < 1.29 is 18.6 Å². The summed E-state index contributed by atoms with van der Waals surface area (Å²) in [6.45, 7) is -0.283. The van der Waals surface area contributed by atoms with Crippen molar-refractivity contribution in [2.75, 3.05) is 13.7 Å². The number of aromatic hydroxyl groups is 1. The Hall–Kier alpha value is -1.07. The largest absolute Gasteiger partial charge is 0.504 e. The number of hydrogen-bond acceptors (Lipinski definition) is 3. The van der Waals surface area contributed by atoms with Crippen molar-refractivity contribution in [2.24, 2.45) is 5.73 Å². The number of hydrogen-bond donors (Lipinski definition) is 2. The van der Waals surface area contributed by atoms with Gasteiger partial charge >= 0.3 is 0 Å². The van der Waals surface area contributed by atoms with Crippen LogP contribution in [0.15, 0.2) is 12.1 Å². The maximum Gasteiger partial charge on any atom is 0.246 e. The van der Waals surface area contributed by atoms with Crippen LogP contribution < -0.4 is 10.5 Å². The second-order valence-corrected chi connectivity index (χ2v) is 3.66. The Labute approximate surface area is 96.8 Å². The molecule has 1 rings (SSSR count). The molecule has 0 spiro atoms. The molecule has 0 aromatic heterocycles. The summed E-state index contributed by atoms with van der Waals surface area (Å²) in [5.41, 5.74) is 5.24. The minimum Gasteiger partial charge on any atom is -0.504 e. The third-order valence-electron chi connectivity index (χ3n) is 2.25. The summed E-state index contributed by atoms with van der Waals surface area (Å²) in [5.74, 6) is -1.54. The summed E-state index contributed by atoms with van der Waals surface area (Å²) in [7, 11) is 1.31. The molecule has 0 amide bonds. The van der Waals surface area contributed by atoms with Crippen LogP contribution in [0.25, 0.3) is 0 Å². The molecule has 3 nitrogen and oxygen atoms in total. The van der Waals surface area contributed by atoms with Gasteiger partial charge in [0.05, 0.1) is 13.0 Å². The average molecular weight is 252 g/mol. The Kier molecular flexibility index (Phi) is 4.32. The quantitative estimate of drug-likeness (QED) is 0.864. The van der Waals surface area contributed by atoms with E-state index in [1.807, 2.05) is 0 Å². The fraction of sp³-hybridized carbons (Fsp3) is 0.400. The van der Waals surface area contributed by atoms with E-state index in [2.05, 4.69) is 0 Å². The third kappa shape index (κ3) is 2.54. The second-order valence-electron chi connectivity index (χ2n) is 3.22. The first-order chi connectivity index (χ1) is 7.51. The van der Waals surface area contributed by atoms with Crippen molar-refractivity contribution in [2.45, 2.75) is 12.3 Å². The van der Waals surface area contributed by atoms with Crippen molar-refractivity contribution in [3.05, 3.63) is 22.7 Å². The van der Waals surface area contributed by atoms with Gasteiger partial charge in [-0.1, -0.05) is 11.6 Å². The van der Waals surface area contributed by atoms with E-state index in [-0.39, 0.29) is 28.6 Å². The Balaban J connectivity index is 3.26. The molecule has 6 heteroatoms. The van der Waals surface area contributed by atoms with Gasteiger partial charge in [-0.2, -0.15) is 0 Å². The summed E-state index contributed by atoms with van der Waals surface area (Å²) in [6.07, 6.45) is -2.67. The maximum absolute atomic E-state index is 12.7. The summed E-state index contributed by atoms with van der Waals surface area (Å²) >= 11 is 5.73. The summed E-state index contributed by atoms with van der Waals surface area (Å²) in [6, 6.07) is 2.61. The summed E-state index contributed by atoms with van der Waals surface area (Å²) in [4.78, 5) is 0. The lowest BCUT2D eigenvalue weighted by molar-refractivity contribution is 0.115. The standard InChI is InChI=1S/C10H12ClF2NO2/c1-16-8-3-5(11)2-6(9(8)15)7(4-14)10(12)13/h2-3,7,10,15H,4,14H2,1H3. The van der Waals surface area contributed by atoms with Crippen LogP contribution in [0.3, 0.4) is 0 Å². The zero-order valence-electron chi connectivity index (χ0n) is 8.58. The normalized spacial score (nSPS) is 12.9. The van der Waals surface area contributed by atoms with E-state index in [0.717, 1.165) is 0 Å². The number of alkyl halides is 2. The molecule has 1 aromatic rings. The summed E-state index contributed by atoms with van der Waals surface area (Å²) < 4.78 is 30.1. The average Bonchev–Trinajstić information content (AvgIpc) is 2.23. The fourth-order valence-electron chi connectivity index (χ4n) is 1.40. The van der Waals surface area contributed by atoms with E-state index >= 15 is 0 Å². The zero-order chi connectivity index (χ0) is 12.3. The Bertz CT molecular complexity index is 374. The van der Waals surface area contributed by atoms with E-state index in [4.69, 9.17) is 22.1 Å². The molecule has 90 valence electrons. The third-order valence-corrected chi connectivity index (χ3v) is 2.46. The van der Waals surface area contributed by atoms with E-state index < -0.39 is 12.3 Å². The van der Waals surface area contributed by atoms with E-state index in [0.29, 0.717) is 0 Å². The molecule has 0 bridgehead atoms. The van der Waals surface area contributed by atoms with Crippen LogP contribution in [0.4, 0.5) is 8.78 Å². The predicted molar refractivity (Wildman–Crippen MR) is 57.5 cm³/mol. The molecule has 0 aliphatic heterocycles. The van der Waals surface area contributed by atoms with Crippen molar-refractivity contribution >= 4 is 11.6 Å². The van der Waals surface area contributed by atoms with Gasteiger partial charge in [-0.15, -0.1) is 0 Å². The highest BCUT2D eigenvalue weighted by atomic mass is 35.5. The molecule has 1 unspecified atom stereocenters. The van der Waals surface area contributed by atoms with Gasteiger partial charge in [-0.3, -0.25) is 0 Å². The molecule has 0 fully saturated rings. The number of halogens is 3. The number of ether oxygens (including phenoxy) is 1. The first-order valence-corrected chi connectivity index (χ1v) is 4.93. The minimum absolute atomic E-state index is 0.00171. The Morgan fingerprint density at radius 2 is 2.12 bits per heavy atom. The first kappa shape index (κ1) is 13.0. The molecular weight excluding hydrogens is 240 g/mol. The monoisotopic (exact) mass is 251 g/mol. The first-order valence-electron chi connectivity index (χ1n) is 4.55. The van der Waals surface area contributed by atoms with Crippen molar-refractivity contribution in [1.29, 1.82) is 0 Å². The van der Waals surface area contributed by atoms with Crippen LogP contribution in [-0.4, -0.2) is 25.2 Å². The predicted octanol–water partition coefficient (Wildman–Crippen LogP) is 2.36. The zero-order valence-corrected chi connectivity index (χ0v) is 9.34. The van der Waals surface area contributed by atoms with E-state index in [1.54, 1.807) is 0 Å². The van der Waals surface area contributed by atoms with Crippen LogP contribution >= 0.6 is 11.6 Å². The molecule has 0 aliphatic rings. The van der Waals surface area contributed by atoms with E-state index in [9.17, 15) is 13.9 Å². The molecule has 1 aromatic carbocycles. The molecular formula is C10H12ClF2NO2. The van der Waals surface area contributed by atoms with Crippen LogP contribution in [0.1, 0.15) is 11.5 Å². The fourth-order valence-corrected chi connectivity index (χ4v) is 1.61. The number of methoxy groups -OCH3 is 1. The molecule has 3 N–H and O–H groups in total. The Morgan fingerprint density at radius 3 is 2.56 bits per heavy atom. The van der Waals surface area contributed by atoms with Gasteiger partial charge in [0.2, 0.25) is 6.43 Å². The van der Waals surface area contributed by atoms with Crippen molar-refractivity contribution in [3.63, 3.8) is 0 Å². The second kappa shape index (κ2) is 5.32. The Morgan fingerprint density at radius 1 is 1.50 bits per heavy atom. The highest BCUT2D eigenvalue weighted by Crippen LogP contribution is 2.39. The molecule has 0 saturated heterocycles. The van der Waals surface area contributed by atoms with Gasteiger partial charge in [-0.25, -0.2) is 8.78 Å². The van der Waals surface area contributed by atoms with Crippen LogP contribution in [0.2, 0.25) is 5.02 Å². The topological polar surface area (TPSA) is 55.5 Å². The molecule has 16 heavy (non-hydrogen) atoms. The van der Waals surface area contributed by atoms with Crippen LogP contribution in [0.5, 0.6) is 11.5 Å². The lowest BCUT2D eigenvalue weighted by Crippen LogP contribution is -2.19. The number of rotatable bonds is 4. The molecule has 0 saturated carbocycles. The van der Waals surface area contributed by atoms with E-state index in [1.165, 1.54) is 19.2 Å². The lowest BCUT2D eigenvalue weighted by atomic mass is 9.98. The molecule has 0 radical (unpaired) electrons. The van der Waals surface area contributed by atoms with Gasteiger partial charge < -0.3 is 15.6 Å². The lowest BCUT2D eigenvalue weighted by Gasteiger charge is -2.17. The van der Waals surface area contributed by atoms with Crippen LogP contribution in [-0.2, 0) is 0 Å². The molecule has 0 aliphatic carbocycles. The van der Waals surface area contributed by atoms with Crippen molar-refractivity contribution in [1.82, 2.24) is 0 Å². The van der Waals surface area contributed by atoms with Gasteiger partial charge in [-0.05, 0) is 6.07 Å². The van der Waals surface area contributed by atoms with Crippen molar-refractivity contribution in [3.8, 4) is 11.5 Å². The smallest absolute Gasteiger partial charge is 0.246 e. The SMILES string of the molecule is COc1cc(Cl)cc(C(CN)C(F)F)c1O. The number of benzene rings is 1. The van der Waals surface area contributed by atoms with Gasteiger partial charge in [0.25, 0.3) is 0 Å².